The van der Waals surface area contributed by atoms with Gasteiger partial charge in [-0.15, -0.1) is 0 Å². The first-order valence-corrected chi connectivity index (χ1v) is 8.78. The molecule has 1 atom stereocenters. The minimum Gasteiger partial charge on any atom is -0.376 e. The van der Waals surface area contributed by atoms with Gasteiger partial charge in [0.1, 0.15) is 0 Å². The number of rotatable bonds is 6. The van der Waals surface area contributed by atoms with Crippen LogP contribution in [0.2, 0.25) is 5.02 Å². The van der Waals surface area contributed by atoms with Gasteiger partial charge in [-0.3, -0.25) is 9.58 Å². The fraction of sp³-hybridized carbons (Fsp3) is 0.500. The Bertz CT molecular complexity index is 653. The minimum absolute atomic E-state index is 0.326. The first-order valence-electron chi connectivity index (χ1n) is 8.40. The van der Waals surface area contributed by atoms with Crippen LogP contribution >= 0.6 is 11.6 Å². The van der Waals surface area contributed by atoms with Gasteiger partial charge in [-0.1, -0.05) is 35.9 Å². The molecule has 1 unspecified atom stereocenters. The number of nitrogens with zero attached hydrogens (tertiary/aromatic N) is 3. The summed E-state index contributed by atoms with van der Waals surface area (Å²) in [6.45, 7) is 7.47. The molecule has 1 aliphatic heterocycles. The van der Waals surface area contributed by atoms with Crippen LogP contribution in [-0.4, -0.2) is 40.5 Å². The molecule has 130 valence electrons. The van der Waals surface area contributed by atoms with Crippen molar-refractivity contribution in [1.82, 2.24) is 20.0 Å². The van der Waals surface area contributed by atoms with Crippen molar-refractivity contribution in [2.24, 2.45) is 7.05 Å². The molecule has 5 nitrogen and oxygen atoms in total. The highest BCUT2D eigenvalue weighted by Crippen LogP contribution is 2.15. The third-order valence-corrected chi connectivity index (χ3v) is 4.67. The summed E-state index contributed by atoms with van der Waals surface area (Å²) in [6, 6.07) is 8.76. The van der Waals surface area contributed by atoms with Gasteiger partial charge in [0.2, 0.25) is 0 Å². The summed E-state index contributed by atoms with van der Waals surface area (Å²) in [7, 11) is 1.91. The van der Waals surface area contributed by atoms with Crippen LogP contribution in [0.3, 0.4) is 0 Å². The van der Waals surface area contributed by atoms with Crippen molar-refractivity contribution in [3.8, 4) is 0 Å². The van der Waals surface area contributed by atoms with Gasteiger partial charge in [-0.05, 0) is 18.1 Å². The molecular formula is C18H25ClN4O. The lowest BCUT2D eigenvalue weighted by molar-refractivity contribution is -0.0212. The lowest BCUT2D eigenvalue weighted by atomic mass is 10.1. The summed E-state index contributed by atoms with van der Waals surface area (Å²) in [5.41, 5.74) is 3.64. The van der Waals surface area contributed by atoms with Crippen LogP contribution in [0.15, 0.2) is 30.5 Å². The minimum atomic E-state index is 0.326. The van der Waals surface area contributed by atoms with Crippen molar-refractivity contribution in [2.75, 3.05) is 19.7 Å². The summed E-state index contributed by atoms with van der Waals surface area (Å²) < 4.78 is 7.42. The molecule has 2 heterocycles. The monoisotopic (exact) mass is 348 g/mol. The first-order chi connectivity index (χ1) is 11.6. The molecular weight excluding hydrogens is 324 g/mol. The highest BCUT2D eigenvalue weighted by molar-refractivity contribution is 6.31. The first kappa shape index (κ1) is 17.4. The fourth-order valence-corrected chi connectivity index (χ4v) is 3.32. The van der Waals surface area contributed by atoms with Gasteiger partial charge in [0, 0.05) is 39.8 Å². The topological polar surface area (TPSA) is 42.3 Å². The largest absolute Gasteiger partial charge is 0.376 e. The normalized spacial score (nSPS) is 18.9. The van der Waals surface area contributed by atoms with Crippen molar-refractivity contribution in [1.29, 1.82) is 0 Å². The second kappa shape index (κ2) is 8.12. The summed E-state index contributed by atoms with van der Waals surface area (Å²) in [4.78, 5) is 2.45. The van der Waals surface area contributed by atoms with E-state index in [1.807, 2.05) is 11.7 Å². The van der Waals surface area contributed by atoms with Gasteiger partial charge < -0.3 is 10.1 Å². The van der Waals surface area contributed by atoms with Crippen LogP contribution in [0.25, 0.3) is 0 Å². The molecule has 1 aromatic carbocycles. The number of benzene rings is 1. The van der Waals surface area contributed by atoms with E-state index in [1.54, 1.807) is 6.20 Å². The predicted octanol–water partition coefficient (Wildman–Crippen LogP) is 2.58. The Morgan fingerprint density at radius 1 is 1.33 bits per heavy atom. The number of ether oxygens (including phenoxy) is 1. The number of morpholine rings is 1. The van der Waals surface area contributed by atoms with E-state index < -0.39 is 0 Å². The average molecular weight is 349 g/mol. The maximum atomic E-state index is 6.13. The fourth-order valence-electron chi connectivity index (χ4n) is 3.09. The van der Waals surface area contributed by atoms with Crippen LogP contribution in [0.4, 0.5) is 0 Å². The molecule has 0 saturated carbocycles. The van der Waals surface area contributed by atoms with Crippen molar-refractivity contribution < 1.29 is 4.74 Å². The smallest absolute Gasteiger partial charge is 0.0831 e. The number of halogens is 1. The Morgan fingerprint density at radius 2 is 2.17 bits per heavy atom. The lowest BCUT2D eigenvalue weighted by Crippen LogP contribution is -2.40. The molecule has 1 N–H and O–H groups in total. The van der Waals surface area contributed by atoms with E-state index >= 15 is 0 Å². The number of nitrogens with one attached hydrogen (secondary N) is 1. The molecule has 1 aromatic heterocycles. The Kier molecular flexibility index (Phi) is 5.89. The van der Waals surface area contributed by atoms with Crippen molar-refractivity contribution in [3.05, 3.63) is 52.3 Å². The van der Waals surface area contributed by atoms with E-state index in [9.17, 15) is 0 Å². The molecule has 0 radical (unpaired) electrons. The molecule has 24 heavy (non-hydrogen) atoms. The van der Waals surface area contributed by atoms with Crippen LogP contribution in [-0.2, 0) is 31.4 Å². The molecule has 0 spiro atoms. The maximum Gasteiger partial charge on any atom is 0.0831 e. The average Bonchev–Trinajstić information content (AvgIpc) is 2.87. The van der Waals surface area contributed by atoms with Gasteiger partial charge in [0.25, 0.3) is 0 Å². The highest BCUT2D eigenvalue weighted by atomic mass is 35.5. The zero-order chi connectivity index (χ0) is 16.9. The molecule has 1 aliphatic rings. The molecule has 0 amide bonds. The van der Waals surface area contributed by atoms with Crippen LogP contribution in [0.5, 0.6) is 0 Å². The molecule has 1 saturated heterocycles. The Hall–Kier alpha value is -1.40. The van der Waals surface area contributed by atoms with E-state index in [0.717, 1.165) is 38.5 Å². The summed E-state index contributed by atoms with van der Waals surface area (Å²) >= 11 is 6.13. The molecule has 0 bridgehead atoms. The van der Waals surface area contributed by atoms with E-state index in [-0.39, 0.29) is 0 Å². The van der Waals surface area contributed by atoms with E-state index in [1.165, 1.54) is 11.1 Å². The van der Waals surface area contributed by atoms with Crippen molar-refractivity contribution in [3.63, 3.8) is 0 Å². The van der Waals surface area contributed by atoms with E-state index in [2.05, 4.69) is 46.5 Å². The van der Waals surface area contributed by atoms with Crippen molar-refractivity contribution >= 4 is 11.6 Å². The number of aromatic nitrogens is 2. The number of hydrogen-bond acceptors (Lipinski definition) is 4. The highest BCUT2D eigenvalue weighted by Gasteiger charge is 2.16. The zero-order valence-corrected chi connectivity index (χ0v) is 15.1. The number of hydrogen-bond donors (Lipinski definition) is 1. The molecule has 6 heteroatoms. The molecule has 2 aromatic rings. The molecule has 0 aliphatic carbocycles. The van der Waals surface area contributed by atoms with Gasteiger partial charge in [0.15, 0.2) is 0 Å². The quantitative estimate of drug-likeness (QED) is 0.871. The van der Waals surface area contributed by atoms with Crippen LogP contribution in [0.1, 0.15) is 23.7 Å². The molecule has 1 fully saturated rings. The lowest BCUT2D eigenvalue weighted by Gasteiger charge is -2.31. The summed E-state index contributed by atoms with van der Waals surface area (Å²) in [5, 5.41) is 8.31. The van der Waals surface area contributed by atoms with Crippen LogP contribution < -0.4 is 5.32 Å². The van der Waals surface area contributed by atoms with Gasteiger partial charge >= 0.3 is 0 Å². The predicted molar refractivity (Wildman–Crippen MR) is 95.9 cm³/mol. The molecule has 3 rings (SSSR count). The standard InChI is InChI=1S/C18H25ClN4O/c1-14-12-23(6-7-24-14)13-16-5-3-4-15(8-16)9-20-11-18-17(19)10-21-22(18)2/h3-5,8,10,14,20H,6-7,9,11-13H2,1-2H3. The van der Waals surface area contributed by atoms with Crippen LogP contribution in [0, 0.1) is 0 Å². The maximum absolute atomic E-state index is 6.13. The summed E-state index contributed by atoms with van der Waals surface area (Å²) in [6.07, 6.45) is 2.01. The second-order valence-electron chi connectivity index (χ2n) is 6.40. The Balaban J connectivity index is 1.53. The Morgan fingerprint density at radius 3 is 2.92 bits per heavy atom. The Labute approximate surface area is 148 Å². The van der Waals surface area contributed by atoms with Crippen molar-refractivity contribution in [2.45, 2.75) is 32.7 Å². The van der Waals surface area contributed by atoms with Gasteiger partial charge in [-0.2, -0.15) is 5.10 Å². The second-order valence-corrected chi connectivity index (χ2v) is 6.81. The van der Waals surface area contributed by atoms with Gasteiger partial charge in [-0.25, -0.2) is 0 Å². The van der Waals surface area contributed by atoms with E-state index in [0.29, 0.717) is 17.7 Å². The van der Waals surface area contributed by atoms with E-state index in [4.69, 9.17) is 16.3 Å². The number of aryl methyl sites for hydroxylation is 1. The third-order valence-electron chi connectivity index (χ3n) is 4.35. The van der Waals surface area contributed by atoms with Gasteiger partial charge in [0.05, 0.1) is 29.6 Å². The third kappa shape index (κ3) is 4.57. The summed E-state index contributed by atoms with van der Waals surface area (Å²) in [5.74, 6) is 0. The zero-order valence-electron chi connectivity index (χ0n) is 14.3. The SMILES string of the molecule is CC1CN(Cc2cccc(CNCc3c(Cl)cnn3C)c2)CCO1.